The molecule has 2 N–H and O–H groups in total. The number of hydrogen-bond acceptors (Lipinski definition) is 5. The van der Waals surface area contributed by atoms with Crippen LogP contribution in [0, 0.1) is 0 Å². The number of nitrogen functional groups attached to an aromatic ring is 1. The quantitative estimate of drug-likeness (QED) is 0.663. The minimum absolute atomic E-state index is 0.664. The number of nitrogens with two attached hydrogens (primary N) is 1. The van der Waals surface area contributed by atoms with E-state index in [1.807, 2.05) is 0 Å². The molecule has 0 aliphatic heterocycles. The van der Waals surface area contributed by atoms with Crippen molar-refractivity contribution in [3.05, 3.63) is 18.7 Å². The maximum Gasteiger partial charge on any atom is 0.138 e. The van der Waals surface area contributed by atoms with Crippen molar-refractivity contribution in [2.45, 2.75) is 13.1 Å². The summed E-state index contributed by atoms with van der Waals surface area (Å²) in [5.74, 6) is 0. The molecule has 0 atom stereocenters. The van der Waals surface area contributed by atoms with Crippen LogP contribution >= 0.6 is 0 Å². The van der Waals surface area contributed by atoms with Gasteiger partial charge in [-0.1, -0.05) is 0 Å². The molecule has 2 aromatic heterocycles. The van der Waals surface area contributed by atoms with Crippen LogP contribution in [0.3, 0.4) is 0 Å². The smallest absolute Gasteiger partial charge is 0.138 e. The molecule has 68 valence electrons. The van der Waals surface area contributed by atoms with Crippen molar-refractivity contribution < 1.29 is 0 Å². The fourth-order valence-corrected chi connectivity index (χ4v) is 0.989. The van der Waals surface area contributed by atoms with E-state index in [2.05, 4.69) is 20.6 Å². The molecule has 2 rings (SSSR count). The first-order valence-electron chi connectivity index (χ1n) is 3.83. The predicted octanol–water partition coefficient (Wildman–Crippen LogP) is -0.848. The minimum Gasteiger partial charge on any atom is -0.396 e. The standard InChI is InChI=1S/C6H9N7/c7-6-3-9-12(4-6)1-2-13-5-8-10-11-13/h3-5H,1-2,7H2. The zero-order chi connectivity index (χ0) is 9.10. The van der Waals surface area contributed by atoms with Crippen LogP contribution in [-0.4, -0.2) is 30.0 Å². The maximum atomic E-state index is 5.50. The Labute approximate surface area is 74.1 Å². The molecule has 0 spiro atoms. The Balaban J connectivity index is 1.93. The molecule has 0 amide bonds. The molecule has 0 unspecified atom stereocenters. The van der Waals surface area contributed by atoms with Crippen LogP contribution in [0.2, 0.25) is 0 Å². The van der Waals surface area contributed by atoms with Gasteiger partial charge in [0.05, 0.1) is 25.0 Å². The zero-order valence-corrected chi connectivity index (χ0v) is 6.91. The van der Waals surface area contributed by atoms with Crippen molar-refractivity contribution in [2.24, 2.45) is 0 Å². The summed E-state index contributed by atoms with van der Waals surface area (Å²) >= 11 is 0. The van der Waals surface area contributed by atoms with Crippen LogP contribution in [0.25, 0.3) is 0 Å². The lowest BCUT2D eigenvalue weighted by Gasteiger charge is -1.98. The van der Waals surface area contributed by atoms with Gasteiger partial charge in [0.15, 0.2) is 0 Å². The number of aryl methyl sites for hydroxylation is 2. The van der Waals surface area contributed by atoms with Gasteiger partial charge in [-0.25, -0.2) is 4.68 Å². The third-order valence-corrected chi connectivity index (χ3v) is 1.60. The SMILES string of the molecule is Nc1cnn(CCn2cnnn2)c1. The number of hydrogen-bond donors (Lipinski definition) is 1. The van der Waals surface area contributed by atoms with E-state index in [9.17, 15) is 0 Å². The second-order valence-electron chi connectivity index (χ2n) is 2.61. The molecular formula is C6H9N7. The van der Waals surface area contributed by atoms with Crippen LogP contribution < -0.4 is 5.73 Å². The molecule has 0 saturated carbocycles. The molecule has 0 aromatic carbocycles. The molecule has 0 aliphatic carbocycles. The molecule has 0 saturated heterocycles. The highest BCUT2D eigenvalue weighted by molar-refractivity contribution is 5.30. The first kappa shape index (κ1) is 7.71. The normalized spacial score (nSPS) is 10.5. The lowest BCUT2D eigenvalue weighted by molar-refractivity contribution is 0.490. The topological polar surface area (TPSA) is 87.4 Å². The average molecular weight is 179 g/mol. The molecule has 7 heteroatoms. The summed E-state index contributed by atoms with van der Waals surface area (Å²) in [7, 11) is 0. The second-order valence-corrected chi connectivity index (χ2v) is 2.61. The monoisotopic (exact) mass is 179 g/mol. The molecule has 13 heavy (non-hydrogen) atoms. The van der Waals surface area contributed by atoms with E-state index in [0.29, 0.717) is 18.8 Å². The van der Waals surface area contributed by atoms with E-state index in [1.165, 1.54) is 0 Å². The highest BCUT2D eigenvalue weighted by atomic mass is 15.5. The van der Waals surface area contributed by atoms with Crippen LogP contribution in [0.15, 0.2) is 18.7 Å². The molecular weight excluding hydrogens is 170 g/mol. The van der Waals surface area contributed by atoms with Gasteiger partial charge in [-0.3, -0.25) is 4.68 Å². The van der Waals surface area contributed by atoms with Crippen LogP contribution in [0.4, 0.5) is 5.69 Å². The van der Waals surface area contributed by atoms with Gasteiger partial charge in [0.1, 0.15) is 6.33 Å². The van der Waals surface area contributed by atoms with Crippen molar-refractivity contribution in [3.63, 3.8) is 0 Å². The van der Waals surface area contributed by atoms with E-state index in [-0.39, 0.29) is 0 Å². The lowest BCUT2D eigenvalue weighted by Crippen LogP contribution is -2.08. The van der Waals surface area contributed by atoms with E-state index < -0.39 is 0 Å². The Hall–Kier alpha value is -1.92. The fourth-order valence-electron chi connectivity index (χ4n) is 0.989. The van der Waals surface area contributed by atoms with Crippen LogP contribution in [-0.2, 0) is 13.1 Å². The molecule has 7 nitrogen and oxygen atoms in total. The number of nitrogens with zero attached hydrogens (tertiary/aromatic N) is 6. The fraction of sp³-hybridized carbons (Fsp3) is 0.333. The van der Waals surface area contributed by atoms with E-state index in [1.54, 1.807) is 28.1 Å². The second kappa shape index (κ2) is 3.21. The van der Waals surface area contributed by atoms with Crippen LogP contribution in [0.1, 0.15) is 0 Å². The first-order chi connectivity index (χ1) is 6.34. The van der Waals surface area contributed by atoms with E-state index in [0.717, 1.165) is 0 Å². The van der Waals surface area contributed by atoms with E-state index in [4.69, 9.17) is 5.73 Å². The third-order valence-electron chi connectivity index (χ3n) is 1.60. The summed E-state index contributed by atoms with van der Waals surface area (Å²) in [6.07, 6.45) is 4.94. The molecule has 2 aromatic rings. The van der Waals surface area contributed by atoms with Gasteiger partial charge in [-0.15, -0.1) is 5.10 Å². The van der Waals surface area contributed by atoms with Crippen molar-refractivity contribution in [1.29, 1.82) is 0 Å². The van der Waals surface area contributed by atoms with Crippen molar-refractivity contribution in [2.75, 3.05) is 5.73 Å². The first-order valence-corrected chi connectivity index (χ1v) is 3.83. The Bertz CT molecular complexity index is 362. The summed E-state index contributed by atoms with van der Waals surface area (Å²) in [5, 5.41) is 14.8. The number of rotatable bonds is 3. The van der Waals surface area contributed by atoms with Crippen molar-refractivity contribution >= 4 is 5.69 Å². The Kier molecular flexibility index (Phi) is 1.91. The molecule has 0 aliphatic rings. The summed E-state index contributed by atoms with van der Waals surface area (Å²) in [5.41, 5.74) is 6.16. The van der Waals surface area contributed by atoms with Gasteiger partial charge >= 0.3 is 0 Å². The van der Waals surface area contributed by atoms with Gasteiger partial charge in [0.2, 0.25) is 0 Å². The van der Waals surface area contributed by atoms with Gasteiger partial charge in [-0.2, -0.15) is 5.10 Å². The van der Waals surface area contributed by atoms with Crippen LogP contribution in [0.5, 0.6) is 0 Å². The van der Waals surface area contributed by atoms with Gasteiger partial charge in [0, 0.05) is 6.20 Å². The predicted molar refractivity (Wildman–Crippen MR) is 44.5 cm³/mol. The molecule has 0 bridgehead atoms. The van der Waals surface area contributed by atoms with Gasteiger partial charge in [-0.05, 0) is 10.4 Å². The van der Waals surface area contributed by atoms with Gasteiger partial charge < -0.3 is 5.73 Å². The van der Waals surface area contributed by atoms with Gasteiger partial charge in [0.25, 0.3) is 0 Å². The lowest BCUT2D eigenvalue weighted by atomic mass is 10.6. The number of anilines is 1. The molecule has 2 heterocycles. The van der Waals surface area contributed by atoms with E-state index >= 15 is 0 Å². The van der Waals surface area contributed by atoms with Crippen molar-refractivity contribution in [3.8, 4) is 0 Å². The number of tetrazole rings is 1. The highest BCUT2D eigenvalue weighted by Gasteiger charge is 1.95. The highest BCUT2D eigenvalue weighted by Crippen LogP contribution is 1.97. The molecule has 0 fully saturated rings. The third kappa shape index (κ3) is 1.81. The average Bonchev–Trinajstić information content (AvgIpc) is 2.71. The minimum atomic E-state index is 0.664. The van der Waals surface area contributed by atoms with Crippen molar-refractivity contribution in [1.82, 2.24) is 30.0 Å². The number of aromatic nitrogens is 6. The summed E-state index contributed by atoms with van der Waals surface area (Å²) in [6, 6.07) is 0. The maximum absolute atomic E-state index is 5.50. The Morgan fingerprint density at radius 1 is 1.31 bits per heavy atom. The Morgan fingerprint density at radius 3 is 2.77 bits per heavy atom. The summed E-state index contributed by atoms with van der Waals surface area (Å²) < 4.78 is 3.38. The Morgan fingerprint density at radius 2 is 2.15 bits per heavy atom. The molecule has 0 radical (unpaired) electrons. The summed E-state index contributed by atoms with van der Waals surface area (Å²) in [4.78, 5) is 0. The zero-order valence-electron chi connectivity index (χ0n) is 6.91. The largest absolute Gasteiger partial charge is 0.396 e. The summed E-state index contributed by atoms with van der Waals surface area (Å²) in [6.45, 7) is 1.40.